The predicted molar refractivity (Wildman–Crippen MR) is 49.2 cm³/mol. The van der Waals surface area contributed by atoms with Crippen LogP contribution in [0.15, 0.2) is 24.1 Å². The molecule has 0 bridgehead atoms. The van der Waals surface area contributed by atoms with Crippen molar-refractivity contribution in [2.75, 3.05) is 12.3 Å². The Morgan fingerprint density at radius 2 is 2.58 bits per heavy atom. The number of ether oxygens (including phenoxy) is 1. The standard InChI is InChI=1S/C8H9NO2S/c1-2-3-11-8(10)6-4-7(9)12-5-6/h2,4-5H,1,3,9H2. The summed E-state index contributed by atoms with van der Waals surface area (Å²) in [6.07, 6.45) is 1.52. The SMILES string of the molecule is C=CCOC(=O)c1csc(N)c1. The van der Waals surface area contributed by atoms with Crippen LogP contribution in [0.3, 0.4) is 0 Å². The normalized spacial score (nSPS) is 9.33. The van der Waals surface area contributed by atoms with E-state index in [0.717, 1.165) is 0 Å². The van der Waals surface area contributed by atoms with Crippen LogP contribution in [-0.4, -0.2) is 12.6 Å². The highest BCUT2D eigenvalue weighted by Gasteiger charge is 2.07. The zero-order valence-electron chi connectivity index (χ0n) is 6.45. The van der Waals surface area contributed by atoms with Gasteiger partial charge in [0.05, 0.1) is 10.6 Å². The fraction of sp³-hybridized carbons (Fsp3) is 0.125. The molecule has 0 aliphatic heterocycles. The Balaban J connectivity index is 2.59. The average Bonchev–Trinajstić information content (AvgIpc) is 2.47. The maximum atomic E-state index is 11.1. The number of hydrogen-bond donors (Lipinski definition) is 1. The quantitative estimate of drug-likeness (QED) is 0.573. The van der Waals surface area contributed by atoms with Crippen LogP contribution >= 0.6 is 11.3 Å². The summed E-state index contributed by atoms with van der Waals surface area (Å²) in [6.45, 7) is 3.66. The molecule has 1 rings (SSSR count). The zero-order valence-corrected chi connectivity index (χ0v) is 7.26. The summed E-state index contributed by atoms with van der Waals surface area (Å²) < 4.78 is 4.78. The van der Waals surface area contributed by atoms with Crippen molar-refractivity contribution in [1.29, 1.82) is 0 Å². The van der Waals surface area contributed by atoms with Crippen LogP contribution in [0.2, 0.25) is 0 Å². The fourth-order valence-corrected chi connectivity index (χ4v) is 1.30. The maximum absolute atomic E-state index is 11.1. The van der Waals surface area contributed by atoms with Crippen molar-refractivity contribution < 1.29 is 9.53 Å². The van der Waals surface area contributed by atoms with Crippen LogP contribution in [0.25, 0.3) is 0 Å². The Labute approximate surface area is 74.5 Å². The third-order valence-corrected chi connectivity index (χ3v) is 1.95. The predicted octanol–water partition coefficient (Wildman–Crippen LogP) is 1.67. The second kappa shape index (κ2) is 3.92. The molecule has 0 unspecified atom stereocenters. The number of rotatable bonds is 3. The highest BCUT2D eigenvalue weighted by Crippen LogP contribution is 2.16. The summed E-state index contributed by atoms with van der Waals surface area (Å²) in [4.78, 5) is 11.1. The summed E-state index contributed by atoms with van der Waals surface area (Å²) in [5.74, 6) is -0.358. The molecular formula is C8H9NO2S. The van der Waals surface area contributed by atoms with Crippen LogP contribution < -0.4 is 5.73 Å². The Kier molecular flexibility index (Phi) is 2.88. The highest BCUT2D eigenvalue weighted by molar-refractivity contribution is 7.14. The first kappa shape index (κ1) is 8.80. The molecule has 64 valence electrons. The van der Waals surface area contributed by atoms with Gasteiger partial charge in [-0.15, -0.1) is 11.3 Å². The number of carbonyl (C=O) groups excluding carboxylic acids is 1. The summed E-state index contributed by atoms with van der Waals surface area (Å²) >= 11 is 1.32. The molecular weight excluding hydrogens is 174 g/mol. The first-order valence-corrected chi connectivity index (χ1v) is 4.24. The van der Waals surface area contributed by atoms with E-state index < -0.39 is 0 Å². The average molecular weight is 183 g/mol. The molecule has 2 N–H and O–H groups in total. The van der Waals surface area contributed by atoms with E-state index in [2.05, 4.69) is 6.58 Å². The second-order valence-electron chi connectivity index (χ2n) is 2.12. The van der Waals surface area contributed by atoms with Gasteiger partial charge in [-0.3, -0.25) is 0 Å². The minimum absolute atomic E-state index is 0.231. The van der Waals surface area contributed by atoms with Crippen LogP contribution in [0.1, 0.15) is 10.4 Å². The van der Waals surface area contributed by atoms with Gasteiger partial charge < -0.3 is 10.5 Å². The largest absolute Gasteiger partial charge is 0.458 e. The fourth-order valence-electron chi connectivity index (χ4n) is 0.678. The van der Waals surface area contributed by atoms with E-state index in [-0.39, 0.29) is 12.6 Å². The van der Waals surface area contributed by atoms with Crippen molar-refractivity contribution in [2.45, 2.75) is 0 Å². The number of esters is 1. The summed E-state index contributed by atoms with van der Waals surface area (Å²) in [7, 11) is 0. The van der Waals surface area contributed by atoms with Gasteiger partial charge in [0.2, 0.25) is 0 Å². The third-order valence-electron chi connectivity index (χ3n) is 1.19. The molecule has 1 aromatic rings. The number of carbonyl (C=O) groups is 1. The van der Waals surface area contributed by atoms with Gasteiger partial charge in [0.1, 0.15) is 6.61 Å². The van der Waals surface area contributed by atoms with Gasteiger partial charge in [0.25, 0.3) is 0 Å². The zero-order chi connectivity index (χ0) is 8.97. The Morgan fingerprint density at radius 3 is 3.08 bits per heavy atom. The topological polar surface area (TPSA) is 52.3 Å². The van der Waals surface area contributed by atoms with Gasteiger partial charge in [0, 0.05) is 5.38 Å². The summed E-state index contributed by atoms with van der Waals surface area (Å²) in [6, 6.07) is 1.59. The number of nitrogen functional groups attached to an aromatic ring is 1. The van der Waals surface area contributed by atoms with Gasteiger partial charge in [-0.1, -0.05) is 12.7 Å². The lowest BCUT2D eigenvalue weighted by atomic mass is 10.3. The van der Waals surface area contributed by atoms with Crippen molar-refractivity contribution in [3.05, 3.63) is 29.7 Å². The molecule has 0 saturated heterocycles. The number of nitrogens with two attached hydrogens (primary N) is 1. The maximum Gasteiger partial charge on any atom is 0.339 e. The van der Waals surface area contributed by atoms with Gasteiger partial charge in [-0.25, -0.2) is 4.79 Å². The lowest BCUT2D eigenvalue weighted by Gasteiger charge is -1.96. The molecule has 0 radical (unpaired) electrons. The monoisotopic (exact) mass is 183 g/mol. The van der Waals surface area contributed by atoms with E-state index in [1.165, 1.54) is 17.4 Å². The molecule has 0 atom stereocenters. The van der Waals surface area contributed by atoms with Crippen molar-refractivity contribution in [2.24, 2.45) is 0 Å². The van der Waals surface area contributed by atoms with Crippen LogP contribution in [-0.2, 0) is 4.74 Å². The number of hydrogen-bond acceptors (Lipinski definition) is 4. The third kappa shape index (κ3) is 2.10. The van der Waals surface area contributed by atoms with E-state index in [1.807, 2.05) is 0 Å². The molecule has 3 nitrogen and oxygen atoms in total. The molecule has 1 heterocycles. The van der Waals surface area contributed by atoms with Gasteiger partial charge in [0.15, 0.2) is 0 Å². The van der Waals surface area contributed by atoms with E-state index in [9.17, 15) is 4.79 Å². The van der Waals surface area contributed by atoms with Crippen LogP contribution in [0.4, 0.5) is 5.00 Å². The molecule has 1 aromatic heterocycles. The van der Waals surface area contributed by atoms with E-state index in [0.29, 0.717) is 10.6 Å². The Morgan fingerprint density at radius 1 is 1.83 bits per heavy atom. The molecule has 0 fully saturated rings. The number of thiophene rings is 1. The molecule has 12 heavy (non-hydrogen) atoms. The van der Waals surface area contributed by atoms with Gasteiger partial charge >= 0.3 is 5.97 Å². The molecule has 4 heteroatoms. The molecule has 0 aromatic carbocycles. The Hall–Kier alpha value is -1.29. The lowest BCUT2D eigenvalue weighted by Crippen LogP contribution is -2.03. The van der Waals surface area contributed by atoms with Crippen molar-refractivity contribution in [1.82, 2.24) is 0 Å². The highest BCUT2D eigenvalue weighted by atomic mass is 32.1. The van der Waals surface area contributed by atoms with Crippen molar-refractivity contribution in [3.63, 3.8) is 0 Å². The minimum atomic E-state index is -0.358. The molecule has 0 spiro atoms. The minimum Gasteiger partial charge on any atom is -0.458 e. The first-order chi connectivity index (χ1) is 5.74. The van der Waals surface area contributed by atoms with Gasteiger partial charge in [-0.05, 0) is 6.07 Å². The van der Waals surface area contributed by atoms with E-state index >= 15 is 0 Å². The van der Waals surface area contributed by atoms with Gasteiger partial charge in [-0.2, -0.15) is 0 Å². The summed E-state index contributed by atoms with van der Waals surface area (Å²) in [5, 5.41) is 2.28. The Bertz CT molecular complexity index is 293. The lowest BCUT2D eigenvalue weighted by molar-refractivity contribution is 0.0550. The number of anilines is 1. The second-order valence-corrected chi connectivity index (χ2v) is 3.07. The van der Waals surface area contributed by atoms with Crippen LogP contribution in [0.5, 0.6) is 0 Å². The smallest absolute Gasteiger partial charge is 0.339 e. The molecule has 0 aliphatic carbocycles. The van der Waals surface area contributed by atoms with Crippen molar-refractivity contribution in [3.8, 4) is 0 Å². The van der Waals surface area contributed by atoms with Crippen LogP contribution in [0, 0.1) is 0 Å². The summed E-state index contributed by atoms with van der Waals surface area (Å²) in [5.41, 5.74) is 5.94. The molecule has 0 aliphatic rings. The molecule has 0 saturated carbocycles. The van der Waals surface area contributed by atoms with E-state index in [4.69, 9.17) is 10.5 Å². The van der Waals surface area contributed by atoms with Crippen molar-refractivity contribution >= 4 is 22.3 Å². The van der Waals surface area contributed by atoms with E-state index in [1.54, 1.807) is 11.4 Å². The molecule has 0 amide bonds. The first-order valence-electron chi connectivity index (χ1n) is 3.36.